The molecule has 0 saturated carbocycles. The summed E-state index contributed by atoms with van der Waals surface area (Å²) in [4.78, 5) is 14.8. The summed E-state index contributed by atoms with van der Waals surface area (Å²) in [5.41, 5.74) is 1.96. The molecule has 19 heavy (non-hydrogen) atoms. The third-order valence-corrected chi connectivity index (χ3v) is 4.14. The van der Waals surface area contributed by atoms with Crippen LogP contribution < -0.4 is 0 Å². The molecule has 1 saturated heterocycles. The summed E-state index contributed by atoms with van der Waals surface area (Å²) in [6, 6.07) is 8.10. The second-order valence-electron chi connectivity index (χ2n) is 5.60. The van der Waals surface area contributed by atoms with E-state index in [-0.39, 0.29) is 11.4 Å². The van der Waals surface area contributed by atoms with Crippen LogP contribution in [0.3, 0.4) is 0 Å². The van der Waals surface area contributed by atoms with Crippen LogP contribution in [-0.4, -0.2) is 20.7 Å². The van der Waals surface area contributed by atoms with Gasteiger partial charge in [-0.05, 0) is 39.3 Å². The van der Waals surface area contributed by atoms with Gasteiger partial charge in [0, 0.05) is 5.54 Å². The molecule has 1 aromatic carbocycles. The molecule has 1 aliphatic rings. The predicted molar refractivity (Wildman–Crippen MR) is 85.9 cm³/mol. The maximum atomic E-state index is 12.4. The first-order valence-electron chi connectivity index (χ1n) is 6.14. The topological polar surface area (TPSA) is 20.3 Å². The average Bonchev–Trinajstić information content (AvgIpc) is 2.56. The highest BCUT2D eigenvalue weighted by atomic mass is 32.2. The molecular formula is C15H17NOS2. The molecular weight excluding hydrogens is 274 g/mol. The second kappa shape index (κ2) is 5.10. The molecule has 1 fully saturated rings. The largest absolute Gasteiger partial charge is 0.288 e. The van der Waals surface area contributed by atoms with Gasteiger partial charge in [-0.1, -0.05) is 53.8 Å². The number of benzene rings is 1. The number of nitrogens with zero attached hydrogens (tertiary/aromatic N) is 1. The summed E-state index contributed by atoms with van der Waals surface area (Å²) >= 11 is 6.68. The monoisotopic (exact) mass is 291 g/mol. The van der Waals surface area contributed by atoms with Crippen LogP contribution in [0.5, 0.6) is 0 Å². The SMILES string of the molecule is Cc1ccc(C=C2SC(=S)N(C(C)(C)C)C2=O)cc1. The minimum atomic E-state index is -0.274. The van der Waals surface area contributed by atoms with Crippen molar-refractivity contribution in [3.05, 3.63) is 40.3 Å². The van der Waals surface area contributed by atoms with Gasteiger partial charge in [0.1, 0.15) is 4.32 Å². The van der Waals surface area contributed by atoms with E-state index >= 15 is 0 Å². The Kier molecular flexibility index (Phi) is 3.83. The summed E-state index contributed by atoms with van der Waals surface area (Å²) in [5.74, 6) is 0.00285. The van der Waals surface area contributed by atoms with Crippen molar-refractivity contribution in [3.63, 3.8) is 0 Å². The normalized spacial score (nSPS) is 18.5. The first-order valence-corrected chi connectivity index (χ1v) is 7.36. The molecule has 0 aromatic heterocycles. The molecule has 0 bridgehead atoms. The Labute approximate surface area is 123 Å². The Hall–Kier alpha value is -1.13. The fourth-order valence-electron chi connectivity index (χ4n) is 1.86. The van der Waals surface area contributed by atoms with Crippen molar-refractivity contribution >= 4 is 40.3 Å². The molecule has 2 nitrogen and oxygen atoms in total. The third kappa shape index (κ3) is 3.07. The van der Waals surface area contributed by atoms with Crippen LogP contribution >= 0.6 is 24.0 Å². The van der Waals surface area contributed by atoms with Crippen LogP contribution in [0.1, 0.15) is 31.9 Å². The van der Waals surface area contributed by atoms with Crippen molar-refractivity contribution in [2.75, 3.05) is 0 Å². The van der Waals surface area contributed by atoms with Gasteiger partial charge in [-0.3, -0.25) is 9.69 Å². The van der Waals surface area contributed by atoms with Crippen LogP contribution in [0, 0.1) is 6.92 Å². The Morgan fingerprint density at radius 2 is 1.79 bits per heavy atom. The van der Waals surface area contributed by atoms with Gasteiger partial charge >= 0.3 is 0 Å². The number of hydrogen-bond donors (Lipinski definition) is 0. The van der Waals surface area contributed by atoms with Crippen LogP contribution in [-0.2, 0) is 4.79 Å². The van der Waals surface area contributed by atoms with Crippen molar-refractivity contribution in [1.29, 1.82) is 0 Å². The molecule has 0 aliphatic carbocycles. The van der Waals surface area contributed by atoms with Gasteiger partial charge < -0.3 is 0 Å². The van der Waals surface area contributed by atoms with Gasteiger partial charge in [0.05, 0.1) is 4.91 Å². The van der Waals surface area contributed by atoms with Crippen molar-refractivity contribution in [2.45, 2.75) is 33.2 Å². The predicted octanol–water partition coefficient (Wildman–Crippen LogP) is 3.99. The van der Waals surface area contributed by atoms with Crippen molar-refractivity contribution in [3.8, 4) is 0 Å². The van der Waals surface area contributed by atoms with E-state index in [0.29, 0.717) is 9.23 Å². The lowest BCUT2D eigenvalue weighted by atomic mass is 10.1. The quantitative estimate of drug-likeness (QED) is 0.576. The first kappa shape index (κ1) is 14.3. The fraction of sp³-hybridized carbons (Fsp3) is 0.333. The number of thiocarbonyl (C=S) groups is 1. The lowest BCUT2D eigenvalue weighted by Crippen LogP contribution is -2.44. The maximum absolute atomic E-state index is 12.4. The van der Waals surface area contributed by atoms with Crippen molar-refractivity contribution in [2.24, 2.45) is 0 Å². The minimum Gasteiger partial charge on any atom is -0.288 e. The van der Waals surface area contributed by atoms with Gasteiger partial charge in [0.15, 0.2) is 0 Å². The first-order chi connectivity index (χ1) is 8.79. The number of rotatable bonds is 1. The van der Waals surface area contributed by atoms with Crippen molar-refractivity contribution < 1.29 is 4.79 Å². The standard InChI is InChI=1S/C15H17NOS2/c1-10-5-7-11(8-6-10)9-12-13(17)16(14(18)19-12)15(2,3)4/h5-9H,1-4H3. The number of hydrogen-bond acceptors (Lipinski definition) is 3. The van der Waals surface area contributed by atoms with E-state index in [2.05, 4.69) is 0 Å². The summed E-state index contributed by atoms with van der Waals surface area (Å²) in [5, 5.41) is 0. The smallest absolute Gasteiger partial charge is 0.266 e. The van der Waals surface area contributed by atoms with E-state index in [0.717, 1.165) is 5.56 Å². The van der Waals surface area contributed by atoms with Gasteiger partial charge in [0.25, 0.3) is 5.91 Å². The molecule has 0 atom stereocenters. The Morgan fingerprint density at radius 1 is 1.21 bits per heavy atom. The fourth-order valence-corrected chi connectivity index (χ4v) is 3.50. The van der Waals surface area contributed by atoms with E-state index in [9.17, 15) is 4.79 Å². The molecule has 1 heterocycles. The molecule has 0 N–H and O–H groups in total. The Balaban J connectivity index is 2.31. The van der Waals surface area contributed by atoms with Crippen LogP contribution in [0.15, 0.2) is 29.2 Å². The summed E-state index contributed by atoms with van der Waals surface area (Å²) in [6.07, 6.45) is 1.91. The molecule has 1 amide bonds. The summed E-state index contributed by atoms with van der Waals surface area (Å²) in [7, 11) is 0. The number of carbonyl (C=O) groups is 1. The molecule has 100 valence electrons. The summed E-state index contributed by atoms with van der Waals surface area (Å²) < 4.78 is 0.635. The van der Waals surface area contributed by atoms with E-state index < -0.39 is 0 Å². The van der Waals surface area contributed by atoms with E-state index in [1.165, 1.54) is 17.3 Å². The summed E-state index contributed by atoms with van der Waals surface area (Å²) in [6.45, 7) is 8.02. The highest BCUT2D eigenvalue weighted by Gasteiger charge is 2.38. The number of thioether (sulfide) groups is 1. The van der Waals surface area contributed by atoms with E-state index in [1.54, 1.807) is 4.90 Å². The molecule has 2 rings (SSSR count). The molecule has 1 aromatic rings. The Bertz CT molecular complexity index is 553. The number of carbonyl (C=O) groups excluding carboxylic acids is 1. The van der Waals surface area contributed by atoms with Crippen LogP contribution in [0.2, 0.25) is 0 Å². The highest BCUT2D eigenvalue weighted by Crippen LogP contribution is 2.36. The zero-order chi connectivity index (χ0) is 14.2. The highest BCUT2D eigenvalue weighted by molar-refractivity contribution is 8.26. The average molecular weight is 291 g/mol. The number of amides is 1. The minimum absolute atomic E-state index is 0.00285. The molecule has 0 spiro atoms. The zero-order valence-electron chi connectivity index (χ0n) is 11.6. The van der Waals surface area contributed by atoms with Gasteiger partial charge in [-0.15, -0.1) is 0 Å². The van der Waals surface area contributed by atoms with Gasteiger partial charge in [-0.25, -0.2) is 0 Å². The lowest BCUT2D eigenvalue weighted by Gasteiger charge is -2.30. The van der Waals surface area contributed by atoms with E-state index in [4.69, 9.17) is 12.2 Å². The maximum Gasteiger partial charge on any atom is 0.266 e. The van der Waals surface area contributed by atoms with Crippen molar-refractivity contribution in [1.82, 2.24) is 4.90 Å². The second-order valence-corrected chi connectivity index (χ2v) is 7.27. The van der Waals surface area contributed by atoms with Crippen LogP contribution in [0.25, 0.3) is 6.08 Å². The van der Waals surface area contributed by atoms with Crippen LogP contribution in [0.4, 0.5) is 0 Å². The molecule has 4 heteroatoms. The van der Waals surface area contributed by atoms with E-state index in [1.807, 2.05) is 58.0 Å². The molecule has 0 radical (unpaired) electrons. The Morgan fingerprint density at radius 3 is 2.26 bits per heavy atom. The number of aryl methyl sites for hydroxylation is 1. The van der Waals surface area contributed by atoms with Gasteiger partial charge in [0.2, 0.25) is 0 Å². The lowest BCUT2D eigenvalue weighted by molar-refractivity contribution is -0.125. The van der Waals surface area contributed by atoms with Gasteiger partial charge in [-0.2, -0.15) is 0 Å². The zero-order valence-corrected chi connectivity index (χ0v) is 13.2. The molecule has 1 aliphatic heterocycles. The third-order valence-electron chi connectivity index (χ3n) is 2.84. The molecule has 0 unspecified atom stereocenters.